The van der Waals surface area contributed by atoms with Gasteiger partial charge in [-0.15, -0.1) is 0 Å². The van der Waals surface area contributed by atoms with Crippen molar-refractivity contribution in [2.45, 2.75) is 13.0 Å². The summed E-state index contributed by atoms with van der Waals surface area (Å²) in [6, 6.07) is 18.9. The number of fused-ring (bicyclic) bond motifs is 1. The molecule has 2 aromatic heterocycles. The summed E-state index contributed by atoms with van der Waals surface area (Å²) in [5, 5.41) is 1.57. The van der Waals surface area contributed by atoms with Gasteiger partial charge in [0, 0.05) is 29.7 Å². The van der Waals surface area contributed by atoms with E-state index in [1.54, 1.807) is 23.9 Å². The maximum atomic E-state index is 12.5. The number of benzene rings is 2. The Kier molecular flexibility index (Phi) is 4.75. The topological polar surface area (TPSA) is 60.9 Å². The van der Waals surface area contributed by atoms with Crippen LogP contribution in [0.2, 0.25) is 5.02 Å². The third-order valence-electron chi connectivity index (χ3n) is 5.01. The number of aryl methyl sites for hydroxylation is 2. The van der Waals surface area contributed by atoms with Crippen LogP contribution >= 0.6 is 11.6 Å². The number of rotatable bonds is 3. The average Bonchev–Trinajstić information content (AvgIpc) is 2.70. The lowest BCUT2D eigenvalue weighted by molar-refractivity contribution is 0.854. The van der Waals surface area contributed by atoms with Crippen LogP contribution in [0.15, 0.2) is 71.7 Å². The molecular weight excluding hydrogens is 370 g/mol. The molecule has 140 valence electrons. The van der Waals surface area contributed by atoms with Crippen molar-refractivity contribution in [1.82, 2.24) is 9.55 Å². The number of aromatic nitrogens is 2. The van der Waals surface area contributed by atoms with Crippen LogP contribution < -0.4 is 11.3 Å². The standard InChI is InChI=1S/C23H20ClN3O/c1-14-4-3-5-16(10-14)19-12-21(28)27(2)23-20(19)11-17(13-26-23)22(25)15-6-8-18(24)9-7-15/h3-13,22H,25H2,1-2H3. The molecule has 0 aliphatic heterocycles. The molecule has 0 bridgehead atoms. The lowest BCUT2D eigenvalue weighted by Crippen LogP contribution is -2.18. The second kappa shape index (κ2) is 7.23. The summed E-state index contributed by atoms with van der Waals surface area (Å²) in [6.45, 7) is 2.03. The van der Waals surface area contributed by atoms with Gasteiger partial charge in [0.25, 0.3) is 5.56 Å². The third-order valence-corrected chi connectivity index (χ3v) is 5.26. The molecule has 4 rings (SSSR count). The molecule has 2 aromatic carbocycles. The molecule has 1 atom stereocenters. The Morgan fingerprint density at radius 3 is 2.50 bits per heavy atom. The molecule has 2 heterocycles. The lowest BCUT2D eigenvalue weighted by atomic mass is 9.96. The molecule has 0 aliphatic carbocycles. The first-order valence-corrected chi connectivity index (χ1v) is 9.39. The highest BCUT2D eigenvalue weighted by atomic mass is 35.5. The van der Waals surface area contributed by atoms with Gasteiger partial charge in [-0.25, -0.2) is 4.98 Å². The summed E-state index contributed by atoms with van der Waals surface area (Å²) in [5.74, 6) is 0. The molecule has 0 saturated heterocycles. The normalized spacial score (nSPS) is 12.3. The third kappa shape index (κ3) is 3.33. The zero-order valence-electron chi connectivity index (χ0n) is 15.7. The molecule has 2 N–H and O–H groups in total. The van der Waals surface area contributed by atoms with E-state index in [4.69, 9.17) is 17.3 Å². The number of nitrogens with two attached hydrogens (primary N) is 1. The number of hydrogen-bond donors (Lipinski definition) is 1. The maximum absolute atomic E-state index is 12.5. The Hall–Kier alpha value is -2.95. The summed E-state index contributed by atoms with van der Waals surface area (Å²) < 4.78 is 1.56. The Balaban J connectivity index is 1.92. The van der Waals surface area contributed by atoms with Crippen molar-refractivity contribution in [2.75, 3.05) is 0 Å². The molecule has 1 unspecified atom stereocenters. The minimum Gasteiger partial charge on any atom is -0.320 e. The van der Waals surface area contributed by atoms with Gasteiger partial charge in [-0.1, -0.05) is 53.6 Å². The first-order chi connectivity index (χ1) is 13.4. The monoisotopic (exact) mass is 389 g/mol. The van der Waals surface area contributed by atoms with Crippen molar-refractivity contribution in [1.29, 1.82) is 0 Å². The number of halogens is 1. The summed E-state index contributed by atoms with van der Waals surface area (Å²) in [6.07, 6.45) is 1.74. The van der Waals surface area contributed by atoms with Gasteiger partial charge in [-0.2, -0.15) is 0 Å². The fourth-order valence-electron chi connectivity index (χ4n) is 3.43. The number of nitrogens with zero attached hydrogens (tertiary/aromatic N) is 2. The first kappa shape index (κ1) is 18.4. The largest absolute Gasteiger partial charge is 0.320 e. The van der Waals surface area contributed by atoms with Crippen LogP contribution in [-0.2, 0) is 7.05 Å². The van der Waals surface area contributed by atoms with E-state index in [0.29, 0.717) is 10.7 Å². The van der Waals surface area contributed by atoms with Crippen LogP contribution in [-0.4, -0.2) is 9.55 Å². The second-order valence-corrected chi connectivity index (χ2v) is 7.43. The van der Waals surface area contributed by atoms with E-state index in [2.05, 4.69) is 11.1 Å². The second-order valence-electron chi connectivity index (χ2n) is 6.99. The first-order valence-electron chi connectivity index (χ1n) is 9.02. The van der Waals surface area contributed by atoms with E-state index in [9.17, 15) is 4.79 Å². The number of hydrogen-bond acceptors (Lipinski definition) is 3. The predicted octanol–water partition coefficient (Wildman–Crippen LogP) is 4.61. The fraction of sp³-hybridized carbons (Fsp3) is 0.130. The van der Waals surface area contributed by atoms with Gasteiger partial charge in [-0.05, 0) is 47.4 Å². The fourth-order valence-corrected chi connectivity index (χ4v) is 3.55. The minimum atomic E-state index is -0.336. The van der Waals surface area contributed by atoms with Crippen LogP contribution in [0, 0.1) is 6.92 Å². The van der Waals surface area contributed by atoms with Gasteiger partial charge < -0.3 is 5.73 Å². The smallest absolute Gasteiger partial charge is 0.252 e. The lowest BCUT2D eigenvalue weighted by Gasteiger charge is -2.16. The molecule has 0 spiro atoms. The predicted molar refractivity (Wildman–Crippen MR) is 115 cm³/mol. The van der Waals surface area contributed by atoms with Crippen molar-refractivity contribution in [3.8, 4) is 11.1 Å². The summed E-state index contributed by atoms with van der Waals surface area (Å²) in [7, 11) is 1.73. The van der Waals surface area contributed by atoms with Crippen molar-refractivity contribution in [2.24, 2.45) is 12.8 Å². The van der Waals surface area contributed by atoms with Crippen molar-refractivity contribution < 1.29 is 0 Å². The van der Waals surface area contributed by atoms with Crippen LogP contribution in [0.4, 0.5) is 0 Å². The minimum absolute atomic E-state index is 0.0914. The quantitative estimate of drug-likeness (QED) is 0.556. The molecule has 0 saturated carbocycles. The van der Waals surface area contributed by atoms with E-state index >= 15 is 0 Å². The molecule has 0 aliphatic rings. The van der Waals surface area contributed by atoms with E-state index in [1.165, 1.54) is 0 Å². The zero-order chi connectivity index (χ0) is 19.8. The van der Waals surface area contributed by atoms with E-state index in [0.717, 1.165) is 33.2 Å². The molecule has 0 fully saturated rings. The molecule has 0 amide bonds. The van der Waals surface area contributed by atoms with Crippen LogP contribution in [0.1, 0.15) is 22.7 Å². The van der Waals surface area contributed by atoms with Crippen LogP contribution in [0.25, 0.3) is 22.2 Å². The Morgan fingerprint density at radius 2 is 1.79 bits per heavy atom. The maximum Gasteiger partial charge on any atom is 0.252 e. The molecule has 4 nitrogen and oxygen atoms in total. The summed E-state index contributed by atoms with van der Waals surface area (Å²) in [4.78, 5) is 17.0. The van der Waals surface area contributed by atoms with Crippen molar-refractivity contribution in [3.63, 3.8) is 0 Å². The highest BCUT2D eigenvalue weighted by Crippen LogP contribution is 2.30. The SMILES string of the molecule is Cc1cccc(-c2cc(=O)n(C)c3ncc(C(N)c4ccc(Cl)cc4)cc23)c1. The molecule has 0 radical (unpaired) electrons. The summed E-state index contributed by atoms with van der Waals surface area (Å²) in [5.41, 5.74) is 11.8. The van der Waals surface area contributed by atoms with Crippen molar-refractivity contribution in [3.05, 3.63) is 98.9 Å². The molecule has 4 aromatic rings. The Labute approximate surface area is 168 Å². The van der Waals surface area contributed by atoms with Gasteiger partial charge in [-0.3, -0.25) is 9.36 Å². The van der Waals surface area contributed by atoms with Gasteiger partial charge in [0.15, 0.2) is 0 Å². The number of pyridine rings is 2. The summed E-state index contributed by atoms with van der Waals surface area (Å²) >= 11 is 5.99. The van der Waals surface area contributed by atoms with Gasteiger partial charge >= 0.3 is 0 Å². The molecular formula is C23H20ClN3O. The van der Waals surface area contributed by atoms with Crippen LogP contribution in [0.5, 0.6) is 0 Å². The Morgan fingerprint density at radius 1 is 1.04 bits per heavy atom. The van der Waals surface area contributed by atoms with Gasteiger partial charge in [0.1, 0.15) is 5.65 Å². The molecule has 28 heavy (non-hydrogen) atoms. The van der Waals surface area contributed by atoms with E-state index < -0.39 is 0 Å². The van der Waals surface area contributed by atoms with Gasteiger partial charge in [0.05, 0.1) is 6.04 Å². The van der Waals surface area contributed by atoms with Gasteiger partial charge in [0.2, 0.25) is 0 Å². The van der Waals surface area contributed by atoms with Crippen molar-refractivity contribution >= 4 is 22.6 Å². The highest BCUT2D eigenvalue weighted by Gasteiger charge is 2.15. The zero-order valence-corrected chi connectivity index (χ0v) is 16.4. The van der Waals surface area contributed by atoms with E-state index in [-0.39, 0.29) is 11.6 Å². The van der Waals surface area contributed by atoms with E-state index in [1.807, 2.05) is 55.5 Å². The molecule has 5 heteroatoms. The van der Waals surface area contributed by atoms with Crippen LogP contribution in [0.3, 0.4) is 0 Å². The Bertz CT molecular complexity index is 1230. The highest BCUT2D eigenvalue weighted by molar-refractivity contribution is 6.30. The average molecular weight is 390 g/mol.